The molecule has 0 bridgehead atoms. The number of carbonyl (C=O) groups is 2. The SMILES string of the molecule is CN1CC(=O)OB(c2ccccc2Cl)OC(=O)C1. The molecule has 1 heterocycles. The number of halogens is 1. The van der Waals surface area contributed by atoms with Crippen LogP contribution >= 0.6 is 11.6 Å². The first kappa shape index (κ1) is 12.9. The van der Waals surface area contributed by atoms with E-state index in [1.807, 2.05) is 0 Å². The smallest absolute Gasteiger partial charge is 0.494 e. The molecule has 1 aliphatic heterocycles. The van der Waals surface area contributed by atoms with E-state index in [1.165, 1.54) is 4.90 Å². The van der Waals surface area contributed by atoms with Gasteiger partial charge in [-0.25, -0.2) is 0 Å². The minimum absolute atomic E-state index is 0.0378. The standard InChI is InChI=1S/C11H11BClNO4/c1-14-6-10(15)17-12(18-11(16)7-14)8-4-2-3-5-9(8)13/h2-5H,6-7H2,1H3. The van der Waals surface area contributed by atoms with Gasteiger partial charge in [0, 0.05) is 10.5 Å². The third-order valence-electron chi connectivity index (χ3n) is 2.43. The van der Waals surface area contributed by atoms with Crippen molar-refractivity contribution >= 4 is 36.1 Å². The molecule has 2 rings (SSSR count). The van der Waals surface area contributed by atoms with E-state index in [1.54, 1.807) is 31.3 Å². The molecule has 7 heteroatoms. The van der Waals surface area contributed by atoms with E-state index in [4.69, 9.17) is 20.9 Å². The van der Waals surface area contributed by atoms with Gasteiger partial charge < -0.3 is 9.31 Å². The third kappa shape index (κ3) is 3.03. The van der Waals surface area contributed by atoms with Gasteiger partial charge in [0.05, 0.1) is 13.1 Å². The summed E-state index contributed by atoms with van der Waals surface area (Å²) in [6, 6.07) is 6.77. The molecule has 0 N–H and O–H groups in total. The van der Waals surface area contributed by atoms with Crippen LogP contribution in [0.1, 0.15) is 0 Å². The van der Waals surface area contributed by atoms with Crippen LogP contribution in [0.2, 0.25) is 5.02 Å². The third-order valence-corrected chi connectivity index (χ3v) is 2.78. The molecular formula is C11H11BClNO4. The minimum atomic E-state index is -1.08. The number of rotatable bonds is 1. The fourth-order valence-corrected chi connectivity index (χ4v) is 1.85. The zero-order valence-corrected chi connectivity index (χ0v) is 10.5. The van der Waals surface area contributed by atoms with Gasteiger partial charge in [0.15, 0.2) is 0 Å². The predicted molar refractivity (Wildman–Crippen MR) is 66.5 cm³/mol. The monoisotopic (exact) mass is 267 g/mol. The molecule has 1 fully saturated rings. The first-order chi connectivity index (χ1) is 8.56. The maximum absolute atomic E-state index is 11.5. The van der Waals surface area contributed by atoms with E-state index in [0.29, 0.717) is 10.5 Å². The molecule has 0 unspecified atom stereocenters. The van der Waals surface area contributed by atoms with Gasteiger partial charge in [0.2, 0.25) is 0 Å². The van der Waals surface area contributed by atoms with Gasteiger partial charge >= 0.3 is 19.1 Å². The number of hydrogen-bond donors (Lipinski definition) is 0. The number of benzene rings is 1. The van der Waals surface area contributed by atoms with Crippen molar-refractivity contribution < 1.29 is 18.9 Å². The summed E-state index contributed by atoms with van der Waals surface area (Å²) < 4.78 is 10.2. The molecule has 0 aliphatic carbocycles. The Morgan fingerprint density at radius 1 is 1.17 bits per heavy atom. The van der Waals surface area contributed by atoms with Crippen molar-refractivity contribution in [3.05, 3.63) is 29.3 Å². The Morgan fingerprint density at radius 2 is 1.72 bits per heavy atom. The van der Waals surface area contributed by atoms with Crippen LogP contribution in [0.15, 0.2) is 24.3 Å². The zero-order chi connectivity index (χ0) is 13.1. The largest absolute Gasteiger partial charge is 0.638 e. The second kappa shape index (κ2) is 5.41. The van der Waals surface area contributed by atoms with Gasteiger partial charge in [-0.15, -0.1) is 0 Å². The Morgan fingerprint density at radius 3 is 2.28 bits per heavy atom. The highest BCUT2D eigenvalue weighted by atomic mass is 35.5. The van der Waals surface area contributed by atoms with Crippen LogP contribution in [-0.4, -0.2) is 44.1 Å². The summed E-state index contributed by atoms with van der Waals surface area (Å²) in [6.07, 6.45) is 0. The fourth-order valence-electron chi connectivity index (χ4n) is 1.63. The van der Waals surface area contributed by atoms with Crippen molar-refractivity contribution in [3.63, 3.8) is 0 Å². The lowest BCUT2D eigenvalue weighted by atomic mass is 9.78. The van der Waals surface area contributed by atoms with E-state index < -0.39 is 19.1 Å². The highest BCUT2D eigenvalue weighted by Crippen LogP contribution is 2.08. The molecule has 1 aliphatic rings. The molecule has 0 amide bonds. The average Bonchev–Trinajstić information content (AvgIpc) is 2.26. The van der Waals surface area contributed by atoms with Gasteiger partial charge in [-0.2, -0.15) is 0 Å². The lowest BCUT2D eigenvalue weighted by molar-refractivity contribution is -0.145. The first-order valence-corrected chi connectivity index (χ1v) is 5.76. The van der Waals surface area contributed by atoms with Gasteiger partial charge in [0.1, 0.15) is 0 Å². The Balaban J connectivity index is 2.24. The molecule has 1 aromatic carbocycles. The van der Waals surface area contributed by atoms with Crippen molar-refractivity contribution in [1.82, 2.24) is 4.90 Å². The fraction of sp³-hybridized carbons (Fsp3) is 0.273. The van der Waals surface area contributed by atoms with Crippen LogP contribution in [0.4, 0.5) is 0 Å². The van der Waals surface area contributed by atoms with Crippen LogP contribution in [0.5, 0.6) is 0 Å². The van der Waals surface area contributed by atoms with E-state index in [-0.39, 0.29) is 13.1 Å². The highest BCUT2D eigenvalue weighted by Gasteiger charge is 2.35. The summed E-state index contributed by atoms with van der Waals surface area (Å²) >= 11 is 5.98. The van der Waals surface area contributed by atoms with Gasteiger partial charge in [-0.1, -0.05) is 29.8 Å². The number of likely N-dealkylation sites (N-methyl/N-ethyl adjacent to an activating group) is 1. The molecule has 18 heavy (non-hydrogen) atoms. The summed E-state index contributed by atoms with van der Waals surface area (Å²) in [5.74, 6) is -0.926. The summed E-state index contributed by atoms with van der Waals surface area (Å²) in [4.78, 5) is 24.6. The highest BCUT2D eigenvalue weighted by molar-refractivity contribution is 6.67. The summed E-state index contributed by atoms with van der Waals surface area (Å²) in [5, 5.41) is 0.386. The maximum Gasteiger partial charge on any atom is 0.638 e. The van der Waals surface area contributed by atoms with Crippen LogP contribution in [0, 0.1) is 0 Å². The van der Waals surface area contributed by atoms with Crippen molar-refractivity contribution in [1.29, 1.82) is 0 Å². The molecule has 1 saturated heterocycles. The quantitative estimate of drug-likeness (QED) is 0.674. The summed E-state index contributed by atoms with van der Waals surface area (Å²) in [6.45, 7) is 0.0755. The molecule has 0 saturated carbocycles. The molecule has 0 atom stereocenters. The van der Waals surface area contributed by atoms with E-state index >= 15 is 0 Å². The van der Waals surface area contributed by atoms with E-state index in [9.17, 15) is 9.59 Å². The molecule has 0 radical (unpaired) electrons. The first-order valence-electron chi connectivity index (χ1n) is 5.38. The molecule has 0 spiro atoms. The van der Waals surface area contributed by atoms with Crippen LogP contribution in [-0.2, 0) is 18.9 Å². The van der Waals surface area contributed by atoms with Crippen LogP contribution in [0.25, 0.3) is 0 Å². The molecular weight excluding hydrogens is 256 g/mol. The normalized spacial score (nSPS) is 17.8. The second-order valence-electron chi connectivity index (χ2n) is 4.01. The Bertz CT molecular complexity index is 462. The number of hydrogen-bond acceptors (Lipinski definition) is 5. The Hall–Kier alpha value is -1.53. The lowest BCUT2D eigenvalue weighted by Gasteiger charge is -2.22. The lowest BCUT2D eigenvalue weighted by Crippen LogP contribution is -2.48. The van der Waals surface area contributed by atoms with Gasteiger partial charge in [-0.3, -0.25) is 14.5 Å². The average molecular weight is 267 g/mol. The van der Waals surface area contributed by atoms with Crippen LogP contribution in [0.3, 0.4) is 0 Å². The molecule has 1 aromatic rings. The predicted octanol–water partition coefficient (Wildman–Crippen LogP) is 0.0670. The topological polar surface area (TPSA) is 55.8 Å². The minimum Gasteiger partial charge on any atom is -0.494 e. The summed E-state index contributed by atoms with van der Waals surface area (Å²) in [7, 11) is 0.561. The van der Waals surface area contributed by atoms with Crippen molar-refractivity contribution in [3.8, 4) is 0 Å². The maximum atomic E-state index is 11.5. The van der Waals surface area contributed by atoms with Crippen molar-refractivity contribution in [2.45, 2.75) is 0 Å². The van der Waals surface area contributed by atoms with Gasteiger partial charge in [-0.05, 0) is 13.1 Å². The van der Waals surface area contributed by atoms with Crippen LogP contribution < -0.4 is 5.46 Å². The molecule has 0 aromatic heterocycles. The van der Waals surface area contributed by atoms with Crippen molar-refractivity contribution in [2.24, 2.45) is 0 Å². The van der Waals surface area contributed by atoms with Crippen molar-refractivity contribution in [2.75, 3.05) is 20.1 Å². The Labute approximate surface area is 110 Å². The molecule has 5 nitrogen and oxygen atoms in total. The number of nitrogens with zero attached hydrogens (tertiary/aromatic N) is 1. The van der Waals surface area contributed by atoms with E-state index in [0.717, 1.165) is 0 Å². The summed E-state index contributed by atoms with van der Waals surface area (Å²) in [5.41, 5.74) is 0.463. The second-order valence-corrected chi connectivity index (χ2v) is 4.41. The Kier molecular flexibility index (Phi) is 3.89. The van der Waals surface area contributed by atoms with E-state index in [2.05, 4.69) is 0 Å². The molecule has 94 valence electrons. The zero-order valence-electron chi connectivity index (χ0n) is 9.76. The number of carbonyl (C=O) groups excluding carboxylic acids is 2. The van der Waals surface area contributed by atoms with Gasteiger partial charge in [0.25, 0.3) is 0 Å².